The van der Waals surface area contributed by atoms with Crippen molar-refractivity contribution in [1.82, 2.24) is 15.0 Å². The van der Waals surface area contributed by atoms with E-state index in [0.29, 0.717) is 10.3 Å². The van der Waals surface area contributed by atoms with E-state index >= 15 is 0 Å². The first-order valence-corrected chi connectivity index (χ1v) is 4.74. The predicted octanol–water partition coefficient (Wildman–Crippen LogP) is 2.65. The van der Waals surface area contributed by atoms with Crippen LogP contribution in [0, 0.1) is 17.5 Å². The molecule has 2 rings (SSSR count). The van der Waals surface area contributed by atoms with Crippen molar-refractivity contribution in [3.8, 4) is 11.3 Å². The van der Waals surface area contributed by atoms with Gasteiger partial charge in [0.2, 0.25) is 0 Å². The number of aromatic nitrogens is 3. The molecule has 0 aliphatic heterocycles. The summed E-state index contributed by atoms with van der Waals surface area (Å²) in [6, 6.07) is 1.40. The summed E-state index contributed by atoms with van der Waals surface area (Å²) in [5, 5.41) is 0. The van der Waals surface area contributed by atoms with Crippen molar-refractivity contribution < 1.29 is 4.39 Å². The molecule has 3 nitrogen and oxygen atoms in total. The van der Waals surface area contributed by atoms with E-state index in [1.807, 2.05) is 6.92 Å². The molecule has 76 valence electrons. The van der Waals surface area contributed by atoms with Gasteiger partial charge in [-0.25, -0.2) is 9.37 Å². The van der Waals surface area contributed by atoms with Crippen molar-refractivity contribution >= 4 is 12.2 Å². The molecule has 0 saturated heterocycles. The zero-order valence-corrected chi connectivity index (χ0v) is 8.81. The maximum atomic E-state index is 13.0. The van der Waals surface area contributed by atoms with Gasteiger partial charge in [0.05, 0.1) is 11.9 Å². The molecule has 0 fully saturated rings. The quantitative estimate of drug-likeness (QED) is 0.753. The van der Waals surface area contributed by atoms with E-state index in [9.17, 15) is 4.39 Å². The Labute approximate surface area is 91.0 Å². The van der Waals surface area contributed by atoms with Gasteiger partial charge in [0, 0.05) is 18.0 Å². The van der Waals surface area contributed by atoms with Crippen LogP contribution in [0.2, 0.25) is 0 Å². The number of pyridine rings is 1. The SMILES string of the molecule is Cc1cnc(=S)[nH]c1-c1cncc(F)c1. The first-order chi connectivity index (χ1) is 7.16. The first-order valence-electron chi connectivity index (χ1n) is 4.33. The fourth-order valence-corrected chi connectivity index (χ4v) is 1.46. The molecule has 0 aromatic carbocycles. The lowest BCUT2D eigenvalue weighted by molar-refractivity contribution is 0.622. The van der Waals surface area contributed by atoms with Crippen LogP contribution in [0.15, 0.2) is 24.7 Å². The normalized spacial score (nSPS) is 10.3. The Kier molecular flexibility index (Phi) is 2.55. The molecule has 0 bridgehead atoms. The average Bonchev–Trinajstić information content (AvgIpc) is 2.22. The number of rotatable bonds is 1. The molecule has 0 spiro atoms. The van der Waals surface area contributed by atoms with E-state index in [0.717, 1.165) is 17.5 Å². The molecule has 2 aromatic rings. The summed E-state index contributed by atoms with van der Waals surface area (Å²) in [5.41, 5.74) is 2.32. The van der Waals surface area contributed by atoms with Gasteiger partial charge in [0.25, 0.3) is 0 Å². The fourth-order valence-electron chi connectivity index (χ4n) is 1.31. The highest BCUT2D eigenvalue weighted by Crippen LogP contribution is 2.19. The number of hydrogen-bond donors (Lipinski definition) is 1. The molecule has 15 heavy (non-hydrogen) atoms. The Balaban J connectivity index is 2.63. The van der Waals surface area contributed by atoms with E-state index in [1.165, 1.54) is 6.07 Å². The lowest BCUT2D eigenvalue weighted by Gasteiger charge is -2.04. The van der Waals surface area contributed by atoms with Gasteiger partial charge in [-0.1, -0.05) is 0 Å². The lowest BCUT2D eigenvalue weighted by atomic mass is 10.1. The fraction of sp³-hybridized carbons (Fsp3) is 0.100. The number of aryl methyl sites for hydroxylation is 1. The van der Waals surface area contributed by atoms with Gasteiger partial charge < -0.3 is 4.98 Å². The third-order valence-electron chi connectivity index (χ3n) is 2.00. The van der Waals surface area contributed by atoms with Gasteiger partial charge in [0.15, 0.2) is 4.77 Å². The summed E-state index contributed by atoms with van der Waals surface area (Å²) in [4.78, 5) is 10.6. The predicted molar refractivity (Wildman–Crippen MR) is 57.3 cm³/mol. The van der Waals surface area contributed by atoms with E-state index in [4.69, 9.17) is 12.2 Å². The van der Waals surface area contributed by atoms with Crippen LogP contribution in [0.1, 0.15) is 5.56 Å². The third kappa shape index (κ3) is 2.07. The van der Waals surface area contributed by atoms with Crippen LogP contribution in [0.4, 0.5) is 4.39 Å². The van der Waals surface area contributed by atoms with Gasteiger partial charge in [-0.3, -0.25) is 4.98 Å². The van der Waals surface area contributed by atoms with E-state index in [2.05, 4.69) is 15.0 Å². The van der Waals surface area contributed by atoms with Crippen LogP contribution in [0.25, 0.3) is 11.3 Å². The summed E-state index contributed by atoms with van der Waals surface area (Å²) < 4.78 is 13.3. The van der Waals surface area contributed by atoms with E-state index < -0.39 is 0 Å². The van der Waals surface area contributed by atoms with Crippen LogP contribution < -0.4 is 0 Å². The van der Waals surface area contributed by atoms with E-state index in [1.54, 1.807) is 12.4 Å². The van der Waals surface area contributed by atoms with Crippen molar-refractivity contribution in [3.63, 3.8) is 0 Å². The largest absolute Gasteiger partial charge is 0.330 e. The molecule has 2 aromatic heterocycles. The molecule has 0 saturated carbocycles. The average molecular weight is 221 g/mol. The first kappa shape index (κ1) is 9.92. The van der Waals surface area contributed by atoms with Crippen LogP contribution in [-0.2, 0) is 0 Å². The molecule has 0 atom stereocenters. The Hall–Kier alpha value is -1.62. The third-order valence-corrected chi connectivity index (χ3v) is 2.20. The maximum absolute atomic E-state index is 13.0. The summed E-state index contributed by atoms with van der Waals surface area (Å²) in [7, 11) is 0. The second kappa shape index (κ2) is 3.86. The second-order valence-corrected chi connectivity index (χ2v) is 3.52. The van der Waals surface area contributed by atoms with Crippen LogP contribution in [0.5, 0.6) is 0 Å². The molecule has 0 unspecified atom stereocenters. The summed E-state index contributed by atoms with van der Waals surface area (Å²) in [5.74, 6) is -0.372. The van der Waals surface area contributed by atoms with Crippen molar-refractivity contribution in [2.45, 2.75) is 6.92 Å². The number of aromatic amines is 1. The van der Waals surface area contributed by atoms with Crippen LogP contribution in [0.3, 0.4) is 0 Å². The highest BCUT2D eigenvalue weighted by Gasteiger charge is 2.03. The highest BCUT2D eigenvalue weighted by atomic mass is 32.1. The highest BCUT2D eigenvalue weighted by molar-refractivity contribution is 7.71. The lowest BCUT2D eigenvalue weighted by Crippen LogP contribution is -1.92. The topological polar surface area (TPSA) is 41.6 Å². The molecule has 0 radical (unpaired) electrons. The minimum Gasteiger partial charge on any atom is -0.330 e. The van der Waals surface area contributed by atoms with Gasteiger partial charge in [-0.2, -0.15) is 0 Å². The molecular weight excluding hydrogens is 213 g/mol. The van der Waals surface area contributed by atoms with Crippen molar-refractivity contribution in [3.05, 3.63) is 40.8 Å². The molecule has 0 aliphatic rings. The summed E-state index contributed by atoms with van der Waals surface area (Å²) >= 11 is 4.91. The number of hydrogen-bond acceptors (Lipinski definition) is 3. The van der Waals surface area contributed by atoms with E-state index in [-0.39, 0.29) is 5.82 Å². The number of nitrogens with one attached hydrogen (secondary N) is 1. The molecule has 5 heteroatoms. The minimum absolute atomic E-state index is 0.372. The zero-order valence-electron chi connectivity index (χ0n) is 7.99. The van der Waals surface area contributed by atoms with Crippen molar-refractivity contribution in [1.29, 1.82) is 0 Å². The molecule has 0 aliphatic carbocycles. The van der Waals surface area contributed by atoms with Gasteiger partial charge in [0.1, 0.15) is 5.82 Å². The van der Waals surface area contributed by atoms with Crippen LogP contribution >= 0.6 is 12.2 Å². The number of H-pyrrole nitrogens is 1. The van der Waals surface area contributed by atoms with Gasteiger partial charge in [-0.15, -0.1) is 0 Å². The monoisotopic (exact) mass is 221 g/mol. The van der Waals surface area contributed by atoms with Crippen molar-refractivity contribution in [2.75, 3.05) is 0 Å². The minimum atomic E-state index is -0.372. The number of nitrogens with zero attached hydrogens (tertiary/aromatic N) is 2. The standard InChI is InChI=1S/C10H8FN3S/c1-6-3-13-10(15)14-9(6)7-2-8(11)5-12-4-7/h2-5H,1H3,(H,13,14,15). The number of halogens is 1. The van der Waals surface area contributed by atoms with Gasteiger partial charge in [-0.05, 0) is 30.8 Å². The smallest absolute Gasteiger partial charge is 0.197 e. The van der Waals surface area contributed by atoms with Crippen LogP contribution in [-0.4, -0.2) is 15.0 Å². The van der Waals surface area contributed by atoms with Crippen molar-refractivity contribution in [2.24, 2.45) is 0 Å². The summed E-state index contributed by atoms with van der Waals surface area (Å²) in [6.45, 7) is 1.87. The summed E-state index contributed by atoms with van der Waals surface area (Å²) in [6.07, 6.45) is 4.39. The molecular formula is C10H8FN3S. The second-order valence-electron chi connectivity index (χ2n) is 3.14. The molecule has 2 heterocycles. The Morgan fingerprint density at radius 1 is 1.33 bits per heavy atom. The Bertz CT molecular complexity index is 550. The van der Waals surface area contributed by atoms with Gasteiger partial charge >= 0.3 is 0 Å². The Morgan fingerprint density at radius 3 is 2.87 bits per heavy atom. The maximum Gasteiger partial charge on any atom is 0.197 e. The zero-order chi connectivity index (χ0) is 10.8. The molecule has 0 amide bonds. The Morgan fingerprint density at radius 2 is 2.13 bits per heavy atom. The molecule has 1 N–H and O–H groups in total.